The van der Waals surface area contributed by atoms with Crippen LogP contribution >= 0.6 is 11.3 Å². The molecule has 0 saturated heterocycles. The minimum Gasteiger partial charge on any atom is -0.356 e. The molecule has 2 amide bonds. The molecule has 0 fully saturated rings. The highest BCUT2D eigenvalue weighted by molar-refractivity contribution is 7.15. The van der Waals surface area contributed by atoms with E-state index < -0.39 is 0 Å². The Morgan fingerprint density at radius 2 is 1.86 bits per heavy atom. The second-order valence-electron chi connectivity index (χ2n) is 5.92. The van der Waals surface area contributed by atoms with Gasteiger partial charge in [0.1, 0.15) is 5.01 Å². The van der Waals surface area contributed by atoms with Gasteiger partial charge in [0.25, 0.3) is 0 Å². The van der Waals surface area contributed by atoms with Crippen molar-refractivity contribution in [2.24, 2.45) is 0 Å². The maximum atomic E-state index is 11.2. The van der Waals surface area contributed by atoms with Gasteiger partial charge >= 0.3 is 6.03 Å². The Morgan fingerprint density at radius 1 is 1.18 bits per heavy atom. The summed E-state index contributed by atoms with van der Waals surface area (Å²) in [5.41, 5.74) is 1.88. The largest absolute Gasteiger partial charge is 0.356 e. The van der Waals surface area contributed by atoms with E-state index in [1.165, 1.54) is 0 Å². The predicted octanol–water partition coefficient (Wildman–Crippen LogP) is 3.20. The van der Waals surface area contributed by atoms with Gasteiger partial charge in [0.15, 0.2) is 0 Å². The lowest BCUT2D eigenvalue weighted by molar-refractivity contribution is 0.254. The minimum atomic E-state index is -0.227. The number of amides is 2. The van der Waals surface area contributed by atoms with Crippen LogP contribution in [0.25, 0.3) is 0 Å². The Labute approximate surface area is 134 Å². The van der Waals surface area contributed by atoms with Gasteiger partial charge < -0.3 is 16.0 Å². The van der Waals surface area contributed by atoms with Crippen molar-refractivity contribution >= 4 is 28.2 Å². The van der Waals surface area contributed by atoms with Gasteiger partial charge in [-0.15, -0.1) is 10.2 Å². The molecule has 0 radical (unpaired) electrons. The number of urea groups is 1. The van der Waals surface area contributed by atoms with Gasteiger partial charge in [-0.2, -0.15) is 0 Å². The molecule has 0 aliphatic carbocycles. The van der Waals surface area contributed by atoms with Crippen LogP contribution in [0.15, 0.2) is 24.3 Å². The summed E-state index contributed by atoms with van der Waals surface area (Å²) in [6.07, 6.45) is 0. The van der Waals surface area contributed by atoms with Gasteiger partial charge in [-0.05, 0) is 17.7 Å². The molecule has 3 N–H and O–H groups in total. The fraction of sp³-hybridized carbons (Fsp3) is 0.400. The first-order valence-corrected chi connectivity index (χ1v) is 7.85. The Morgan fingerprint density at radius 3 is 2.41 bits per heavy atom. The number of nitrogens with one attached hydrogen (secondary N) is 3. The molecule has 0 spiro atoms. The molecule has 7 heteroatoms. The van der Waals surface area contributed by atoms with Crippen molar-refractivity contribution in [1.82, 2.24) is 15.5 Å². The molecule has 2 rings (SSSR count). The molecule has 1 heterocycles. The SMILES string of the molecule is CNC(=O)Nc1ccc(CNc2nnc(C(C)(C)C)s2)cc1. The van der Waals surface area contributed by atoms with Crippen molar-refractivity contribution in [2.75, 3.05) is 17.7 Å². The third kappa shape index (κ3) is 4.42. The van der Waals surface area contributed by atoms with E-state index >= 15 is 0 Å². The Balaban J connectivity index is 1.92. The first-order valence-electron chi connectivity index (χ1n) is 7.04. The minimum absolute atomic E-state index is 0.0186. The van der Waals surface area contributed by atoms with Gasteiger partial charge in [0.2, 0.25) is 5.13 Å². The number of anilines is 2. The third-order valence-corrected chi connectivity index (χ3v) is 4.26. The number of aromatic nitrogens is 2. The van der Waals surface area contributed by atoms with E-state index in [9.17, 15) is 4.79 Å². The average Bonchev–Trinajstić information content (AvgIpc) is 2.95. The highest BCUT2D eigenvalue weighted by atomic mass is 32.1. The zero-order valence-electron chi connectivity index (χ0n) is 13.2. The summed E-state index contributed by atoms with van der Waals surface area (Å²) in [6, 6.07) is 7.43. The quantitative estimate of drug-likeness (QED) is 0.808. The summed E-state index contributed by atoms with van der Waals surface area (Å²) in [5, 5.41) is 18.7. The fourth-order valence-corrected chi connectivity index (χ4v) is 2.47. The number of nitrogens with zero attached hydrogens (tertiary/aromatic N) is 2. The molecule has 0 atom stereocenters. The monoisotopic (exact) mass is 319 g/mol. The fourth-order valence-electron chi connectivity index (χ4n) is 1.67. The van der Waals surface area contributed by atoms with Crippen LogP contribution in [-0.2, 0) is 12.0 Å². The predicted molar refractivity (Wildman–Crippen MR) is 90.5 cm³/mol. The number of hydrogen-bond donors (Lipinski definition) is 3. The maximum absolute atomic E-state index is 11.2. The lowest BCUT2D eigenvalue weighted by atomic mass is 9.98. The number of carbonyl (C=O) groups excluding carboxylic acids is 1. The molecule has 6 nitrogen and oxygen atoms in total. The number of hydrogen-bond acceptors (Lipinski definition) is 5. The topological polar surface area (TPSA) is 78.9 Å². The van der Waals surface area contributed by atoms with Crippen molar-refractivity contribution in [3.8, 4) is 0 Å². The number of carbonyl (C=O) groups is 1. The van der Waals surface area contributed by atoms with Crippen molar-refractivity contribution in [3.05, 3.63) is 34.8 Å². The molecule has 0 aliphatic heterocycles. The van der Waals surface area contributed by atoms with E-state index in [-0.39, 0.29) is 11.4 Å². The van der Waals surface area contributed by atoms with Gasteiger partial charge in [0.05, 0.1) is 0 Å². The molecule has 1 aromatic carbocycles. The van der Waals surface area contributed by atoms with Crippen molar-refractivity contribution in [3.63, 3.8) is 0 Å². The molecule has 118 valence electrons. The van der Waals surface area contributed by atoms with Crippen LogP contribution in [0.4, 0.5) is 15.6 Å². The lowest BCUT2D eigenvalue weighted by Crippen LogP contribution is -2.24. The summed E-state index contributed by atoms with van der Waals surface area (Å²) >= 11 is 1.58. The summed E-state index contributed by atoms with van der Waals surface area (Å²) in [4.78, 5) is 11.2. The Hall–Kier alpha value is -2.15. The van der Waals surface area contributed by atoms with E-state index in [2.05, 4.69) is 46.9 Å². The van der Waals surface area contributed by atoms with E-state index in [0.29, 0.717) is 6.54 Å². The lowest BCUT2D eigenvalue weighted by Gasteiger charge is -2.12. The van der Waals surface area contributed by atoms with E-state index in [1.54, 1.807) is 18.4 Å². The molecule has 0 bridgehead atoms. The van der Waals surface area contributed by atoms with Crippen LogP contribution in [0.3, 0.4) is 0 Å². The molecule has 2 aromatic rings. The van der Waals surface area contributed by atoms with Crippen molar-refractivity contribution in [1.29, 1.82) is 0 Å². The third-order valence-electron chi connectivity index (χ3n) is 2.95. The molecular formula is C15H21N5OS. The zero-order chi connectivity index (χ0) is 16.2. The number of rotatable bonds is 4. The summed E-state index contributed by atoms with van der Waals surface area (Å²) in [5.74, 6) is 0. The first kappa shape index (κ1) is 16.2. The van der Waals surface area contributed by atoms with Crippen LogP contribution in [0.5, 0.6) is 0 Å². The number of benzene rings is 1. The Bertz CT molecular complexity index is 630. The first-order chi connectivity index (χ1) is 10.4. The smallest absolute Gasteiger partial charge is 0.318 e. The van der Waals surface area contributed by atoms with E-state index in [1.807, 2.05) is 24.3 Å². The normalized spacial score (nSPS) is 11.1. The van der Waals surface area contributed by atoms with E-state index in [4.69, 9.17) is 0 Å². The zero-order valence-corrected chi connectivity index (χ0v) is 14.0. The van der Waals surface area contributed by atoms with Crippen LogP contribution in [0.2, 0.25) is 0 Å². The van der Waals surface area contributed by atoms with Crippen LogP contribution in [0.1, 0.15) is 31.3 Å². The van der Waals surface area contributed by atoms with Crippen molar-refractivity contribution < 1.29 is 4.79 Å². The van der Waals surface area contributed by atoms with Crippen LogP contribution in [0, 0.1) is 0 Å². The van der Waals surface area contributed by atoms with Gasteiger partial charge in [0, 0.05) is 24.7 Å². The maximum Gasteiger partial charge on any atom is 0.318 e. The Kier molecular flexibility index (Phi) is 4.97. The molecular weight excluding hydrogens is 298 g/mol. The average molecular weight is 319 g/mol. The molecule has 22 heavy (non-hydrogen) atoms. The summed E-state index contributed by atoms with van der Waals surface area (Å²) in [6.45, 7) is 7.03. The van der Waals surface area contributed by atoms with E-state index in [0.717, 1.165) is 21.4 Å². The summed E-state index contributed by atoms with van der Waals surface area (Å²) < 4.78 is 0. The standard InChI is InChI=1S/C15H21N5OS/c1-15(2,3)12-19-20-14(22-12)17-9-10-5-7-11(8-6-10)18-13(21)16-4/h5-8H,9H2,1-4H3,(H,17,20)(H2,16,18,21). The second-order valence-corrected chi connectivity index (χ2v) is 6.89. The van der Waals surface area contributed by atoms with Gasteiger partial charge in [-0.1, -0.05) is 44.2 Å². The van der Waals surface area contributed by atoms with Gasteiger partial charge in [-0.25, -0.2) is 4.79 Å². The van der Waals surface area contributed by atoms with Crippen LogP contribution < -0.4 is 16.0 Å². The molecule has 0 aliphatic rings. The van der Waals surface area contributed by atoms with Gasteiger partial charge in [-0.3, -0.25) is 0 Å². The van der Waals surface area contributed by atoms with Crippen LogP contribution in [-0.4, -0.2) is 23.3 Å². The highest BCUT2D eigenvalue weighted by Crippen LogP contribution is 2.27. The molecule has 1 aromatic heterocycles. The molecule has 0 unspecified atom stereocenters. The van der Waals surface area contributed by atoms with Crippen molar-refractivity contribution in [2.45, 2.75) is 32.7 Å². The second kappa shape index (κ2) is 6.74. The highest BCUT2D eigenvalue weighted by Gasteiger charge is 2.19. The molecule has 0 saturated carbocycles. The summed E-state index contributed by atoms with van der Waals surface area (Å²) in [7, 11) is 1.58.